The van der Waals surface area contributed by atoms with E-state index in [9.17, 15) is 4.79 Å². The number of carbonyl (C=O) groups excluding carboxylic acids is 1. The molecule has 7 heteroatoms. The van der Waals surface area contributed by atoms with Gasteiger partial charge in [-0.2, -0.15) is 0 Å². The van der Waals surface area contributed by atoms with E-state index < -0.39 is 0 Å². The first-order valence-electron chi connectivity index (χ1n) is 10.5. The van der Waals surface area contributed by atoms with Crippen LogP contribution >= 0.6 is 40.7 Å². The first-order valence-corrected chi connectivity index (χ1v) is 11.3. The van der Waals surface area contributed by atoms with E-state index in [0.29, 0.717) is 23.7 Å². The molecule has 0 saturated carbocycles. The normalized spacial score (nSPS) is 10.4. The summed E-state index contributed by atoms with van der Waals surface area (Å²) >= 11 is 3.42. The predicted molar refractivity (Wildman–Crippen MR) is 143 cm³/mol. The highest BCUT2D eigenvalue weighted by molar-refractivity contribution is 9.10. The molecular weight excluding hydrogens is 523 g/mol. The average Bonchev–Trinajstić information content (AvgIpc) is 2.73. The topological polar surface area (TPSA) is 65.2 Å². The molecule has 0 bridgehead atoms. The Hall–Kier alpha value is -1.92. The summed E-state index contributed by atoms with van der Waals surface area (Å²) in [7, 11) is 0. The van der Waals surface area contributed by atoms with Gasteiger partial charge in [-0.15, -0.1) is 24.8 Å². The number of nitrogens with zero attached hydrogens (tertiary/aromatic N) is 1. The Bertz CT molecular complexity index is 1070. The molecule has 0 unspecified atom stereocenters. The second-order valence-electron chi connectivity index (χ2n) is 8.24. The first kappa shape index (κ1) is 29.1. The monoisotopic (exact) mass is 552 g/mol. The van der Waals surface area contributed by atoms with Gasteiger partial charge in [0, 0.05) is 22.3 Å². The average molecular weight is 554 g/mol. The maximum atomic E-state index is 13.3. The summed E-state index contributed by atoms with van der Waals surface area (Å²) in [6, 6.07) is 15.9. The van der Waals surface area contributed by atoms with Gasteiger partial charge in [0.05, 0.1) is 11.3 Å². The number of halogens is 3. The van der Waals surface area contributed by atoms with Crippen LogP contribution in [0.2, 0.25) is 0 Å². The molecule has 1 aromatic heterocycles. The third kappa shape index (κ3) is 7.28. The lowest BCUT2D eigenvalue weighted by molar-refractivity contribution is 0.0472. The fourth-order valence-corrected chi connectivity index (χ4v) is 3.93. The highest BCUT2D eigenvalue weighted by Gasteiger charge is 2.24. The molecule has 0 radical (unpaired) electrons. The van der Waals surface area contributed by atoms with Crippen LogP contribution in [0.5, 0.6) is 0 Å². The van der Waals surface area contributed by atoms with Gasteiger partial charge < -0.3 is 10.5 Å². The zero-order chi connectivity index (χ0) is 22.5. The van der Waals surface area contributed by atoms with Crippen molar-refractivity contribution in [1.82, 2.24) is 4.98 Å². The van der Waals surface area contributed by atoms with E-state index in [1.165, 1.54) is 0 Å². The van der Waals surface area contributed by atoms with E-state index >= 15 is 0 Å². The number of hydrogen-bond acceptors (Lipinski definition) is 4. The van der Waals surface area contributed by atoms with Crippen LogP contribution in [0.25, 0.3) is 11.1 Å². The molecule has 2 aromatic carbocycles. The van der Waals surface area contributed by atoms with Crippen LogP contribution in [0, 0.1) is 19.8 Å². The smallest absolute Gasteiger partial charge is 0.340 e. The van der Waals surface area contributed by atoms with Crippen LogP contribution in [-0.4, -0.2) is 11.0 Å². The van der Waals surface area contributed by atoms with E-state index in [1.807, 2.05) is 62.4 Å². The number of aryl methyl sites for hydroxylation is 2. The lowest BCUT2D eigenvalue weighted by atomic mass is 9.90. The zero-order valence-electron chi connectivity index (χ0n) is 19.4. The van der Waals surface area contributed by atoms with Crippen molar-refractivity contribution in [3.63, 3.8) is 0 Å². The van der Waals surface area contributed by atoms with Crippen molar-refractivity contribution in [1.29, 1.82) is 0 Å². The molecule has 33 heavy (non-hydrogen) atoms. The molecule has 0 amide bonds. The van der Waals surface area contributed by atoms with E-state index in [2.05, 4.69) is 29.8 Å². The number of esters is 1. The zero-order valence-corrected chi connectivity index (χ0v) is 22.6. The summed E-state index contributed by atoms with van der Waals surface area (Å²) in [5.41, 5.74) is 13.1. The molecule has 0 atom stereocenters. The Morgan fingerprint density at radius 1 is 1.03 bits per heavy atom. The highest BCUT2D eigenvalue weighted by atomic mass is 79.9. The minimum absolute atomic E-state index is 0. The van der Waals surface area contributed by atoms with Crippen LogP contribution in [0.4, 0.5) is 0 Å². The molecule has 2 N–H and O–H groups in total. The Morgan fingerprint density at radius 2 is 1.64 bits per heavy atom. The Kier molecular flexibility index (Phi) is 11.5. The van der Waals surface area contributed by atoms with Gasteiger partial charge in [0.25, 0.3) is 0 Å². The van der Waals surface area contributed by atoms with Crippen LogP contribution in [0.3, 0.4) is 0 Å². The molecule has 0 aliphatic heterocycles. The summed E-state index contributed by atoms with van der Waals surface area (Å²) in [5, 5.41) is 0. The number of hydrogen-bond donors (Lipinski definition) is 1. The van der Waals surface area contributed by atoms with Gasteiger partial charge in [-0.3, -0.25) is 4.98 Å². The largest absolute Gasteiger partial charge is 0.457 e. The van der Waals surface area contributed by atoms with E-state index in [0.717, 1.165) is 44.4 Å². The summed E-state index contributed by atoms with van der Waals surface area (Å²) in [5.74, 6) is 0.0487. The van der Waals surface area contributed by atoms with Crippen molar-refractivity contribution in [3.05, 3.63) is 86.6 Å². The van der Waals surface area contributed by atoms with Crippen molar-refractivity contribution in [3.8, 4) is 11.1 Å². The molecule has 0 spiro atoms. The quantitative estimate of drug-likeness (QED) is 0.320. The summed E-state index contributed by atoms with van der Waals surface area (Å²) in [6.45, 7) is 8.74. The Balaban J connectivity index is 0.00000272. The van der Waals surface area contributed by atoms with Crippen molar-refractivity contribution in [2.75, 3.05) is 0 Å². The van der Waals surface area contributed by atoms with Gasteiger partial charge in [-0.05, 0) is 55.0 Å². The van der Waals surface area contributed by atoms with E-state index in [-0.39, 0.29) is 37.4 Å². The lowest BCUT2D eigenvalue weighted by Gasteiger charge is -2.20. The minimum Gasteiger partial charge on any atom is -0.457 e. The number of aromatic nitrogens is 1. The second kappa shape index (κ2) is 13.1. The highest BCUT2D eigenvalue weighted by Crippen LogP contribution is 2.33. The van der Waals surface area contributed by atoms with Gasteiger partial charge in [-0.1, -0.05) is 71.7 Å². The second-order valence-corrected chi connectivity index (χ2v) is 9.16. The van der Waals surface area contributed by atoms with Gasteiger partial charge in [0.1, 0.15) is 6.61 Å². The fraction of sp³-hybridized carbons (Fsp3) is 0.308. The third-order valence-electron chi connectivity index (χ3n) is 5.20. The molecule has 0 saturated heterocycles. The Labute approximate surface area is 217 Å². The molecule has 0 aliphatic rings. The molecule has 1 heterocycles. The standard InChI is InChI=1S/C26H29BrN2O2.2ClH/c1-16(2)13-23-22(14-28)25(20-9-5-17(3)6-10-20)24(18(4)29-23)26(30)31-15-19-7-11-21(27)12-8-19;;/h5-12,16H,13-15,28H2,1-4H3;2*1H. The maximum Gasteiger partial charge on any atom is 0.340 e. The van der Waals surface area contributed by atoms with Crippen molar-refractivity contribution >= 4 is 46.7 Å². The number of rotatable bonds is 7. The molecule has 178 valence electrons. The van der Waals surface area contributed by atoms with Gasteiger partial charge >= 0.3 is 5.97 Å². The summed E-state index contributed by atoms with van der Waals surface area (Å²) < 4.78 is 6.69. The molecule has 3 aromatic rings. The first-order chi connectivity index (χ1) is 14.8. The van der Waals surface area contributed by atoms with Crippen LogP contribution in [0.1, 0.15) is 52.3 Å². The molecule has 0 aliphatic carbocycles. The van der Waals surface area contributed by atoms with E-state index in [4.69, 9.17) is 15.5 Å². The molecular formula is C26H31BrCl2N2O2. The minimum atomic E-state index is -0.380. The molecule has 3 rings (SSSR count). The molecule has 0 fully saturated rings. The van der Waals surface area contributed by atoms with Crippen molar-refractivity contribution in [2.45, 2.75) is 47.3 Å². The Morgan fingerprint density at radius 3 is 2.18 bits per heavy atom. The van der Waals surface area contributed by atoms with Crippen LogP contribution < -0.4 is 5.73 Å². The van der Waals surface area contributed by atoms with Crippen molar-refractivity contribution < 1.29 is 9.53 Å². The summed E-state index contributed by atoms with van der Waals surface area (Å²) in [4.78, 5) is 18.0. The lowest BCUT2D eigenvalue weighted by Crippen LogP contribution is -2.17. The SMILES string of the molecule is Cc1ccc(-c2c(CN)c(CC(C)C)nc(C)c2C(=O)OCc2ccc(Br)cc2)cc1.Cl.Cl. The van der Waals surface area contributed by atoms with Gasteiger partial charge in [0.2, 0.25) is 0 Å². The van der Waals surface area contributed by atoms with Crippen LogP contribution in [-0.2, 0) is 24.3 Å². The number of nitrogens with two attached hydrogens (primary N) is 1. The van der Waals surface area contributed by atoms with E-state index in [1.54, 1.807) is 0 Å². The molecule has 4 nitrogen and oxygen atoms in total. The third-order valence-corrected chi connectivity index (χ3v) is 5.73. The van der Waals surface area contributed by atoms with Gasteiger partial charge in [-0.25, -0.2) is 4.79 Å². The predicted octanol–water partition coefficient (Wildman–Crippen LogP) is 6.99. The fourth-order valence-electron chi connectivity index (χ4n) is 3.67. The summed E-state index contributed by atoms with van der Waals surface area (Å²) in [6.07, 6.45) is 0.806. The number of ether oxygens (including phenoxy) is 1. The van der Waals surface area contributed by atoms with Gasteiger partial charge in [0.15, 0.2) is 0 Å². The number of carbonyl (C=O) groups is 1. The van der Waals surface area contributed by atoms with Crippen LogP contribution in [0.15, 0.2) is 53.0 Å². The number of pyridine rings is 1. The number of benzene rings is 2. The van der Waals surface area contributed by atoms with Crippen molar-refractivity contribution in [2.24, 2.45) is 11.7 Å². The maximum absolute atomic E-state index is 13.3.